The van der Waals surface area contributed by atoms with Gasteiger partial charge in [0.25, 0.3) is 0 Å². The first kappa shape index (κ1) is 13.5. The second-order valence-corrected chi connectivity index (χ2v) is 6.05. The fourth-order valence-corrected chi connectivity index (χ4v) is 2.15. The summed E-state index contributed by atoms with van der Waals surface area (Å²) < 4.78 is 1.88. The number of hydrogen-bond donors (Lipinski definition) is 1. The Morgan fingerprint density at radius 1 is 1.14 bits per heavy atom. The van der Waals surface area contributed by atoms with Crippen LogP contribution in [0.15, 0.2) is 42.7 Å². The molecule has 0 aliphatic heterocycles. The third kappa shape index (κ3) is 2.86. The van der Waals surface area contributed by atoms with Gasteiger partial charge in [-0.15, -0.1) is 5.10 Å². The summed E-state index contributed by atoms with van der Waals surface area (Å²) in [6.45, 7) is 6.96. The van der Waals surface area contributed by atoms with Crippen molar-refractivity contribution in [3.63, 3.8) is 0 Å². The highest BCUT2D eigenvalue weighted by Crippen LogP contribution is 2.21. The van der Waals surface area contributed by atoms with Crippen LogP contribution in [0.3, 0.4) is 0 Å². The number of fused-ring (bicyclic) bond motifs is 1. The van der Waals surface area contributed by atoms with E-state index in [1.54, 1.807) is 6.20 Å². The number of nitrogens with zero attached hydrogens (tertiary/aromatic N) is 4. The molecule has 0 bridgehead atoms. The third-order valence-corrected chi connectivity index (χ3v) is 3.33. The van der Waals surface area contributed by atoms with Crippen LogP contribution in [0.5, 0.6) is 0 Å². The van der Waals surface area contributed by atoms with Crippen molar-refractivity contribution in [1.82, 2.24) is 20.0 Å². The molecule has 5 heteroatoms. The van der Waals surface area contributed by atoms with Crippen molar-refractivity contribution in [3.8, 4) is 0 Å². The van der Waals surface area contributed by atoms with Gasteiger partial charge in [-0.2, -0.15) is 0 Å². The molecular formula is C16H19N5. The highest BCUT2D eigenvalue weighted by molar-refractivity contribution is 5.91. The molecule has 2 aromatic heterocycles. The van der Waals surface area contributed by atoms with Crippen LogP contribution in [-0.2, 0) is 12.1 Å². The van der Waals surface area contributed by atoms with E-state index in [0.717, 1.165) is 22.3 Å². The molecule has 5 nitrogen and oxygen atoms in total. The van der Waals surface area contributed by atoms with E-state index in [2.05, 4.69) is 53.5 Å². The normalized spacial score (nSPS) is 11.8. The van der Waals surface area contributed by atoms with Crippen LogP contribution in [0.4, 0.5) is 5.69 Å². The number of pyridine rings is 1. The van der Waals surface area contributed by atoms with Gasteiger partial charge in [0.05, 0.1) is 23.8 Å². The molecule has 1 aromatic carbocycles. The predicted molar refractivity (Wildman–Crippen MR) is 84.1 cm³/mol. The molecule has 21 heavy (non-hydrogen) atoms. The highest BCUT2D eigenvalue weighted by Gasteiger charge is 2.14. The Morgan fingerprint density at radius 3 is 2.76 bits per heavy atom. The number of nitrogens with one attached hydrogen (secondary N) is 1. The molecule has 0 amide bonds. The van der Waals surface area contributed by atoms with Gasteiger partial charge < -0.3 is 5.32 Å². The van der Waals surface area contributed by atoms with Crippen LogP contribution in [0.2, 0.25) is 0 Å². The fraction of sp³-hybridized carbons (Fsp3) is 0.312. The van der Waals surface area contributed by atoms with Gasteiger partial charge in [0.15, 0.2) is 0 Å². The lowest BCUT2D eigenvalue weighted by molar-refractivity contribution is 0.347. The minimum atomic E-state index is -0.0470. The van der Waals surface area contributed by atoms with E-state index in [4.69, 9.17) is 0 Å². The van der Waals surface area contributed by atoms with E-state index >= 15 is 0 Å². The van der Waals surface area contributed by atoms with Crippen molar-refractivity contribution in [1.29, 1.82) is 0 Å². The molecule has 0 saturated carbocycles. The number of anilines is 1. The number of hydrogen-bond acceptors (Lipinski definition) is 4. The Hall–Kier alpha value is -2.43. The monoisotopic (exact) mass is 281 g/mol. The zero-order chi connectivity index (χ0) is 14.9. The minimum absolute atomic E-state index is 0.0470. The van der Waals surface area contributed by atoms with Crippen molar-refractivity contribution in [2.45, 2.75) is 32.9 Å². The largest absolute Gasteiger partial charge is 0.379 e. The predicted octanol–water partition coefficient (Wildman–Crippen LogP) is 3.19. The van der Waals surface area contributed by atoms with Crippen molar-refractivity contribution in [3.05, 3.63) is 48.4 Å². The van der Waals surface area contributed by atoms with Crippen molar-refractivity contribution in [2.75, 3.05) is 5.32 Å². The average Bonchev–Trinajstić information content (AvgIpc) is 2.94. The lowest BCUT2D eigenvalue weighted by Crippen LogP contribution is -2.22. The number of benzene rings is 1. The highest BCUT2D eigenvalue weighted by atomic mass is 15.4. The van der Waals surface area contributed by atoms with Gasteiger partial charge in [0, 0.05) is 17.3 Å². The molecule has 0 spiro atoms. The zero-order valence-electron chi connectivity index (χ0n) is 12.5. The molecule has 108 valence electrons. The molecule has 0 aliphatic rings. The van der Waals surface area contributed by atoms with Crippen molar-refractivity contribution < 1.29 is 0 Å². The van der Waals surface area contributed by atoms with Crippen LogP contribution in [-0.4, -0.2) is 20.0 Å². The Bertz CT molecular complexity index is 749. The molecule has 3 rings (SSSR count). The SMILES string of the molecule is CC(C)(C)n1cc(CNc2cccc3ncccc23)nn1. The van der Waals surface area contributed by atoms with E-state index in [1.165, 1.54) is 0 Å². The van der Waals surface area contributed by atoms with E-state index < -0.39 is 0 Å². The standard InChI is InChI=1S/C16H19N5/c1-16(2,3)21-11-12(19-20-21)10-18-15-8-4-7-14-13(15)6-5-9-17-14/h4-9,11,18H,10H2,1-3H3. The Morgan fingerprint density at radius 2 is 2.00 bits per heavy atom. The summed E-state index contributed by atoms with van der Waals surface area (Å²) in [7, 11) is 0. The van der Waals surface area contributed by atoms with Crippen LogP contribution in [0.25, 0.3) is 10.9 Å². The second kappa shape index (κ2) is 5.16. The molecule has 0 radical (unpaired) electrons. The second-order valence-electron chi connectivity index (χ2n) is 6.05. The molecule has 0 saturated heterocycles. The molecule has 3 aromatic rings. The fourth-order valence-electron chi connectivity index (χ4n) is 2.15. The molecule has 1 N–H and O–H groups in total. The minimum Gasteiger partial charge on any atom is -0.379 e. The van der Waals surface area contributed by atoms with E-state index in [9.17, 15) is 0 Å². The summed E-state index contributed by atoms with van der Waals surface area (Å²) >= 11 is 0. The van der Waals surface area contributed by atoms with Crippen LogP contribution in [0, 0.1) is 0 Å². The molecular weight excluding hydrogens is 262 g/mol. The van der Waals surface area contributed by atoms with Crippen LogP contribution >= 0.6 is 0 Å². The maximum absolute atomic E-state index is 4.36. The molecule has 0 fully saturated rings. The van der Waals surface area contributed by atoms with Crippen molar-refractivity contribution >= 4 is 16.6 Å². The van der Waals surface area contributed by atoms with Gasteiger partial charge in [0.2, 0.25) is 0 Å². The summed E-state index contributed by atoms with van der Waals surface area (Å²) in [6.07, 6.45) is 3.79. The van der Waals surface area contributed by atoms with Gasteiger partial charge in [0.1, 0.15) is 5.69 Å². The van der Waals surface area contributed by atoms with Crippen LogP contribution < -0.4 is 5.32 Å². The molecule has 0 aliphatic carbocycles. The maximum Gasteiger partial charge on any atom is 0.102 e. The Kier molecular flexibility index (Phi) is 3.33. The van der Waals surface area contributed by atoms with Crippen molar-refractivity contribution in [2.24, 2.45) is 0 Å². The van der Waals surface area contributed by atoms with Gasteiger partial charge in [-0.3, -0.25) is 4.98 Å². The van der Waals surface area contributed by atoms with Crippen LogP contribution in [0.1, 0.15) is 26.5 Å². The lowest BCUT2D eigenvalue weighted by Gasteiger charge is -2.17. The summed E-state index contributed by atoms with van der Waals surface area (Å²) in [5.74, 6) is 0. The topological polar surface area (TPSA) is 55.6 Å². The number of rotatable bonds is 3. The van der Waals surface area contributed by atoms with Gasteiger partial charge in [-0.05, 0) is 45.0 Å². The molecule has 0 atom stereocenters. The lowest BCUT2D eigenvalue weighted by atomic mass is 10.1. The molecule has 2 heterocycles. The summed E-state index contributed by atoms with van der Waals surface area (Å²) in [6, 6.07) is 10.1. The van der Waals surface area contributed by atoms with E-state index in [1.807, 2.05) is 29.1 Å². The first-order valence-electron chi connectivity index (χ1n) is 7.03. The van der Waals surface area contributed by atoms with Gasteiger partial charge >= 0.3 is 0 Å². The Labute approximate surface area is 124 Å². The third-order valence-electron chi connectivity index (χ3n) is 3.33. The van der Waals surface area contributed by atoms with E-state index in [0.29, 0.717) is 6.54 Å². The summed E-state index contributed by atoms with van der Waals surface area (Å²) in [5.41, 5.74) is 2.92. The quantitative estimate of drug-likeness (QED) is 0.801. The number of aromatic nitrogens is 4. The first-order valence-corrected chi connectivity index (χ1v) is 7.03. The summed E-state index contributed by atoms with van der Waals surface area (Å²) in [4.78, 5) is 4.36. The van der Waals surface area contributed by atoms with E-state index in [-0.39, 0.29) is 5.54 Å². The average molecular weight is 281 g/mol. The smallest absolute Gasteiger partial charge is 0.102 e. The summed E-state index contributed by atoms with van der Waals surface area (Å²) in [5, 5.41) is 12.9. The van der Waals surface area contributed by atoms with Gasteiger partial charge in [-0.1, -0.05) is 11.3 Å². The van der Waals surface area contributed by atoms with Gasteiger partial charge in [-0.25, -0.2) is 4.68 Å². The first-order chi connectivity index (χ1) is 10.0. The molecule has 0 unspecified atom stereocenters. The zero-order valence-corrected chi connectivity index (χ0v) is 12.5. The maximum atomic E-state index is 4.36. The Balaban J connectivity index is 1.79.